The van der Waals surface area contributed by atoms with Crippen LogP contribution in [-0.4, -0.2) is 25.6 Å². The molecule has 0 saturated heterocycles. The number of nitrogens with zero attached hydrogens (tertiary/aromatic N) is 4. The summed E-state index contributed by atoms with van der Waals surface area (Å²) >= 11 is 0. The molecule has 0 amide bonds. The molecule has 1 aromatic carbocycles. The van der Waals surface area contributed by atoms with E-state index in [2.05, 4.69) is 20.3 Å². The van der Waals surface area contributed by atoms with Crippen LogP contribution in [0.1, 0.15) is 18.7 Å². The molecule has 1 aliphatic carbocycles. The summed E-state index contributed by atoms with van der Waals surface area (Å²) < 4.78 is 53.3. The minimum Gasteiger partial charge on any atom is -0.353 e. The van der Waals surface area contributed by atoms with Crippen LogP contribution >= 0.6 is 0 Å². The quantitative estimate of drug-likeness (QED) is 0.743. The van der Waals surface area contributed by atoms with Crippen molar-refractivity contribution in [2.45, 2.75) is 25.1 Å². The lowest BCUT2D eigenvalue weighted by molar-refractivity contribution is -0.144. The summed E-state index contributed by atoms with van der Waals surface area (Å²) in [5.74, 6) is -1.31. The molecule has 5 nitrogen and oxygen atoms in total. The van der Waals surface area contributed by atoms with Crippen LogP contribution in [-0.2, 0) is 6.18 Å². The maximum atomic E-state index is 13.2. The smallest absolute Gasteiger partial charge is 0.353 e. The number of benzene rings is 1. The Balaban J connectivity index is 1.92. The molecule has 1 aliphatic rings. The number of alkyl halides is 3. The third kappa shape index (κ3) is 2.66. The third-order valence-electron chi connectivity index (χ3n) is 3.65. The van der Waals surface area contributed by atoms with E-state index in [0.717, 1.165) is 19.0 Å². The monoisotopic (exact) mass is 337 g/mol. The van der Waals surface area contributed by atoms with Crippen LogP contribution in [0, 0.1) is 5.82 Å². The number of imidazole rings is 1. The third-order valence-corrected chi connectivity index (χ3v) is 3.65. The summed E-state index contributed by atoms with van der Waals surface area (Å²) in [5.41, 5.74) is 0.719. The number of hydrogen-bond donors (Lipinski definition) is 1. The predicted octanol–water partition coefficient (Wildman–Crippen LogP) is 3.55. The van der Waals surface area contributed by atoms with Crippen LogP contribution in [0.3, 0.4) is 0 Å². The second-order valence-electron chi connectivity index (χ2n) is 5.57. The fraction of sp³-hybridized carbons (Fsp3) is 0.267. The first-order valence-corrected chi connectivity index (χ1v) is 7.27. The number of halogens is 4. The average molecular weight is 337 g/mol. The van der Waals surface area contributed by atoms with Gasteiger partial charge in [-0.3, -0.25) is 4.57 Å². The van der Waals surface area contributed by atoms with Crippen LogP contribution in [0.15, 0.2) is 30.5 Å². The lowest BCUT2D eigenvalue weighted by Crippen LogP contribution is -2.12. The van der Waals surface area contributed by atoms with E-state index in [1.807, 2.05) is 0 Å². The van der Waals surface area contributed by atoms with Crippen molar-refractivity contribution in [3.8, 4) is 5.69 Å². The first-order valence-electron chi connectivity index (χ1n) is 7.27. The average Bonchev–Trinajstić information content (AvgIpc) is 3.26. The van der Waals surface area contributed by atoms with Crippen LogP contribution in [0.4, 0.5) is 23.5 Å². The second kappa shape index (κ2) is 5.15. The Hall–Kier alpha value is -2.71. The summed E-state index contributed by atoms with van der Waals surface area (Å²) in [4.78, 5) is 11.2. The van der Waals surface area contributed by atoms with Gasteiger partial charge in [0.25, 0.3) is 0 Å². The van der Waals surface area contributed by atoms with Gasteiger partial charge in [0.05, 0.1) is 11.9 Å². The van der Waals surface area contributed by atoms with Crippen LogP contribution in [0.25, 0.3) is 16.9 Å². The summed E-state index contributed by atoms with van der Waals surface area (Å²) in [6.07, 6.45) is -1.68. The topological polar surface area (TPSA) is 55.6 Å². The first kappa shape index (κ1) is 14.9. The highest BCUT2D eigenvalue weighted by atomic mass is 19.4. The van der Waals surface area contributed by atoms with Crippen molar-refractivity contribution in [1.29, 1.82) is 0 Å². The maximum Gasteiger partial charge on any atom is 0.451 e. The molecule has 0 unspecified atom stereocenters. The molecule has 0 aliphatic heterocycles. The largest absolute Gasteiger partial charge is 0.451 e. The highest BCUT2D eigenvalue weighted by molar-refractivity contribution is 5.77. The Morgan fingerprint density at radius 1 is 1.08 bits per heavy atom. The van der Waals surface area contributed by atoms with Crippen molar-refractivity contribution in [2.75, 3.05) is 5.32 Å². The number of aromatic nitrogens is 4. The van der Waals surface area contributed by atoms with Gasteiger partial charge in [0, 0.05) is 6.04 Å². The number of anilines is 1. The van der Waals surface area contributed by atoms with Crippen molar-refractivity contribution in [3.05, 3.63) is 42.1 Å². The second-order valence-corrected chi connectivity index (χ2v) is 5.57. The summed E-state index contributed by atoms with van der Waals surface area (Å²) in [5, 5.41) is 3.15. The normalized spacial score (nSPS) is 15.0. The molecular weight excluding hydrogens is 326 g/mol. The minimum absolute atomic E-state index is 0.0204. The van der Waals surface area contributed by atoms with Crippen molar-refractivity contribution in [1.82, 2.24) is 19.5 Å². The molecule has 24 heavy (non-hydrogen) atoms. The van der Waals surface area contributed by atoms with E-state index in [0.29, 0.717) is 11.6 Å². The first-order chi connectivity index (χ1) is 11.4. The Kier molecular flexibility index (Phi) is 3.19. The van der Waals surface area contributed by atoms with Gasteiger partial charge in [0.15, 0.2) is 5.65 Å². The summed E-state index contributed by atoms with van der Waals surface area (Å²) in [7, 11) is 0. The standard InChI is InChI=1S/C15H11F4N5/c16-8-1-5-10(6-2-8)24-12-11(22-14(24)21-9-3-4-9)7-20-13(23-12)15(17,18)19/h1-2,5-7,9H,3-4H2,(H,21,22). The molecule has 124 valence electrons. The molecule has 4 rings (SSSR count). The molecule has 3 aromatic rings. The molecule has 2 aromatic heterocycles. The highest BCUT2D eigenvalue weighted by Gasteiger charge is 2.35. The zero-order valence-corrected chi connectivity index (χ0v) is 12.2. The van der Waals surface area contributed by atoms with E-state index < -0.39 is 17.8 Å². The molecule has 9 heteroatoms. The van der Waals surface area contributed by atoms with Gasteiger partial charge < -0.3 is 5.32 Å². The fourth-order valence-corrected chi connectivity index (χ4v) is 2.35. The lowest BCUT2D eigenvalue weighted by atomic mass is 10.3. The number of fused-ring (bicyclic) bond motifs is 1. The van der Waals surface area contributed by atoms with Gasteiger partial charge in [-0.25, -0.2) is 19.3 Å². The molecule has 0 atom stereocenters. The zero-order chi connectivity index (χ0) is 16.9. The molecule has 0 spiro atoms. The number of rotatable bonds is 3. The molecular formula is C15H11F4N5. The van der Waals surface area contributed by atoms with Gasteiger partial charge in [-0.05, 0) is 37.1 Å². The van der Waals surface area contributed by atoms with Crippen molar-refractivity contribution < 1.29 is 17.6 Å². The fourth-order valence-electron chi connectivity index (χ4n) is 2.35. The number of nitrogens with one attached hydrogen (secondary N) is 1. The summed E-state index contributed by atoms with van der Waals surface area (Å²) in [6, 6.07) is 5.62. The molecule has 0 radical (unpaired) electrons. The highest BCUT2D eigenvalue weighted by Crippen LogP contribution is 2.31. The molecule has 1 fully saturated rings. The Bertz CT molecular complexity index is 897. The SMILES string of the molecule is Fc1ccc(-n2c(NC3CC3)nc3cnc(C(F)(F)F)nc32)cc1. The maximum absolute atomic E-state index is 13.2. The zero-order valence-electron chi connectivity index (χ0n) is 12.2. The molecule has 1 saturated carbocycles. The van der Waals surface area contributed by atoms with Crippen molar-refractivity contribution >= 4 is 17.1 Å². The predicted molar refractivity (Wildman–Crippen MR) is 78.3 cm³/mol. The van der Waals surface area contributed by atoms with Gasteiger partial charge in [-0.1, -0.05) is 0 Å². The Labute approximate surface area is 133 Å². The Morgan fingerprint density at radius 3 is 2.42 bits per heavy atom. The van der Waals surface area contributed by atoms with Gasteiger partial charge >= 0.3 is 6.18 Å². The lowest BCUT2D eigenvalue weighted by Gasteiger charge is -2.10. The van der Waals surface area contributed by atoms with E-state index >= 15 is 0 Å². The van der Waals surface area contributed by atoms with E-state index in [9.17, 15) is 17.6 Å². The van der Waals surface area contributed by atoms with E-state index in [1.165, 1.54) is 28.8 Å². The number of hydrogen-bond acceptors (Lipinski definition) is 4. The molecule has 1 N–H and O–H groups in total. The van der Waals surface area contributed by atoms with Gasteiger partial charge in [-0.2, -0.15) is 13.2 Å². The molecule has 2 heterocycles. The van der Waals surface area contributed by atoms with E-state index in [1.54, 1.807) is 0 Å². The van der Waals surface area contributed by atoms with Gasteiger partial charge in [-0.15, -0.1) is 0 Å². The van der Waals surface area contributed by atoms with Crippen LogP contribution in [0.2, 0.25) is 0 Å². The van der Waals surface area contributed by atoms with Crippen molar-refractivity contribution in [2.24, 2.45) is 0 Å². The van der Waals surface area contributed by atoms with Gasteiger partial charge in [0.2, 0.25) is 11.8 Å². The van der Waals surface area contributed by atoms with Gasteiger partial charge in [0.1, 0.15) is 11.3 Å². The molecule has 0 bridgehead atoms. The van der Waals surface area contributed by atoms with Crippen LogP contribution in [0.5, 0.6) is 0 Å². The summed E-state index contributed by atoms with van der Waals surface area (Å²) in [6.45, 7) is 0. The minimum atomic E-state index is -4.66. The van der Waals surface area contributed by atoms with E-state index in [4.69, 9.17) is 0 Å². The Morgan fingerprint density at radius 2 is 1.79 bits per heavy atom. The van der Waals surface area contributed by atoms with Crippen LogP contribution < -0.4 is 5.32 Å². The van der Waals surface area contributed by atoms with E-state index in [-0.39, 0.29) is 17.2 Å². The van der Waals surface area contributed by atoms with Crippen molar-refractivity contribution in [3.63, 3.8) is 0 Å².